The quantitative estimate of drug-likeness (QED) is 0.904. The van der Waals surface area contributed by atoms with Crippen molar-refractivity contribution in [1.82, 2.24) is 15.1 Å². The molecule has 1 aromatic heterocycles. The Morgan fingerprint density at radius 3 is 2.55 bits per heavy atom. The van der Waals surface area contributed by atoms with E-state index in [0.29, 0.717) is 6.42 Å². The lowest BCUT2D eigenvalue weighted by Crippen LogP contribution is -2.50. The zero-order chi connectivity index (χ0) is 15.9. The third-order valence-corrected chi connectivity index (χ3v) is 5.01. The largest absolute Gasteiger partial charge is 0.342 e. The van der Waals surface area contributed by atoms with E-state index in [-0.39, 0.29) is 18.0 Å². The number of nitrogens with zero attached hydrogens (tertiary/aromatic N) is 2. The van der Waals surface area contributed by atoms with E-state index in [2.05, 4.69) is 5.32 Å². The number of thiophene rings is 1. The summed E-state index contributed by atoms with van der Waals surface area (Å²) in [7, 11) is 0. The van der Waals surface area contributed by atoms with Crippen molar-refractivity contribution in [2.45, 2.75) is 39.2 Å². The maximum Gasteiger partial charge on any atom is 0.317 e. The van der Waals surface area contributed by atoms with Gasteiger partial charge in [0.1, 0.15) is 0 Å². The molecule has 0 unspecified atom stereocenters. The van der Waals surface area contributed by atoms with Crippen LogP contribution in [0.1, 0.15) is 31.6 Å². The molecule has 0 aromatic carbocycles. The van der Waals surface area contributed by atoms with Crippen molar-refractivity contribution in [1.29, 1.82) is 0 Å². The molecule has 2 rings (SSSR count). The number of nitrogens with one attached hydrogen (secondary N) is 1. The maximum absolute atomic E-state index is 12.2. The molecular formula is C16H25N3O2S. The third kappa shape index (κ3) is 4.47. The van der Waals surface area contributed by atoms with E-state index >= 15 is 0 Å². The minimum absolute atomic E-state index is 0.00774. The molecule has 0 atom stereocenters. The van der Waals surface area contributed by atoms with Crippen LogP contribution in [0.3, 0.4) is 0 Å². The number of piperidine rings is 1. The van der Waals surface area contributed by atoms with E-state index in [1.807, 2.05) is 36.3 Å². The summed E-state index contributed by atoms with van der Waals surface area (Å²) >= 11 is 1.62. The Morgan fingerprint density at radius 1 is 1.32 bits per heavy atom. The highest BCUT2D eigenvalue weighted by Gasteiger charge is 2.24. The number of rotatable bonds is 5. The zero-order valence-corrected chi connectivity index (χ0v) is 14.2. The lowest BCUT2D eigenvalue weighted by atomic mass is 10.0. The minimum atomic E-state index is 0.00774. The second-order valence-electron chi connectivity index (χ2n) is 5.53. The minimum Gasteiger partial charge on any atom is -0.342 e. The van der Waals surface area contributed by atoms with Crippen LogP contribution in [-0.2, 0) is 11.2 Å². The molecule has 2 heterocycles. The summed E-state index contributed by atoms with van der Waals surface area (Å²) in [5.74, 6) is 0.191. The second-order valence-corrected chi connectivity index (χ2v) is 6.57. The topological polar surface area (TPSA) is 52.7 Å². The van der Waals surface area contributed by atoms with Gasteiger partial charge in [-0.05, 0) is 38.1 Å². The van der Waals surface area contributed by atoms with Crippen LogP contribution >= 0.6 is 11.3 Å². The van der Waals surface area contributed by atoms with Crippen LogP contribution in [-0.4, -0.2) is 54.0 Å². The molecule has 3 amide bonds. The van der Waals surface area contributed by atoms with Gasteiger partial charge in [-0.2, -0.15) is 0 Å². The first-order valence-electron chi connectivity index (χ1n) is 7.99. The number of carbonyl (C=O) groups is 2. The molecule has 6 heteroatoms. The lowest BCUT2D eigenvalue weighted by molar-refractivity contribution is -0.131. The highest BCUT2D eigenvalue weighted by Crippen LogP contribution is 2.15. The van der Waals surface area contributed by atoms with Gasteiger partial charge in [0.05, 0.1) is 6.42 Å². The number of likely N-dealkylation sites (tertiary alicyclic amines) is 1. The Kier molecular flexibility index (Phi) is 6.24. The van der Waals surface area contributed by atoms with Gasteiger partial charge >= 0.3 is 6.03 Å². The summed E-state index contributed by atoms with van der Waals surface area (Å²) in [4.78, 5) is 29.1. The molecule has 1 aliphatic heterocycles. The first-order chi connectivity index (χ1) is 10.6. The van der Waals surface area contributed by atoms with Crippen LogP contribution in [0.2, 0.25) is 0 Å². The van der Waals surface area contributed by atoms with Gasteiger partial charge in [0, 0.05) is 37.1 Å². The van der Waals surface area contributed by atoms with Gasteiger partial charge in [0.25, 0.3) is 0 Å². The van der Waals surface area contributed by atoms with Gasteiger partial charge in [-0.15, -0.1) is 11.3 Å². The highest BCUT2D eigenvalue weighted by molar-refractivity contribution is 7.10. The van der Waals surface area contributed by atoms with E-state index in [1.165, 1.54) is 0 Å². The van der Waals surface area contributed by atoms with Crippen molar-refractivity contribution in [3.05, 3.63) is 22.4 Å². The molecule has 1 fully saturated rings. The standard InChI is InChI=1S/C16H25N3O2S/c1-3-18(4-2)16(21)17-13-7-9-19(10-8-13)15(20)12-14-6-5-11-22-14/h5-6,11,13H,3-4,7-10,12H2,1-2H3,(H,17,21). The summed E-state index contributed by atoms with van der Waals surface area (Å²) in [6.07, 6.45) is 2.17. The molecule has 5 nitrogen and oxygen atoms in total. The fourth-order valence-corrected chi connectivity index (χ4v) is 3.42. The molecule has 1 aliphatic rings. The van der Waals surface area contributed by atoms with Gasteiger partial charge in [-0.3, -0.25) is 4.79 Å². The Hall–Kier alpha value is -1.56. The summed E-state index contributed by atoms with van der Waals surface area (Å²) in [6.45, 7) is 6.87. The number of hydrogen-bond acceptors (Lipinski definition) is 3. The van der Waals surface area contributed by atoms with Gasteiger partial charge < -0.3 is 15.1 Å². The van der Waals surface area contributed by atoms with Crippen LogP contribution in [0.15, 0.2) is 17.5 Å². The third-order valence-electron chi connectivity index (χ3n) is 4.13. The predicted octanol–water partition coefficient (Wildman–Crippen LogP) is 2.33. The molecule has 122 valence electrons. The van der Waals surface area contributed by atoms with E-state index < -0.39 is 0 Å². The van der Waals surface area contributed by atoms with Gasteiger partial charge in [0.15, 0.2) is 0 Å². The fourth-order valence-electron chi connectivity index (χ4n) is 2.72. The van der Waals surface area contributed by atoms with E-state index in [1.54, 1.807) is 16.2 Å². The smallest absolute Gasteiger partial charge is 0.317 e. The fraction of sp³-hybridized carbons (Fsp3) is 0.625. The van der Waals surface area contributed by atoms with E-state index in [4.69, 9.17) is 0 Å². The summed E-state index contributed by atoms with van der Waals surface area (Å²) < 4.78 is 0. The molecule has 1 saturated heterocycles. The SMILES string of the molecule is CCN(CC)C(=O)NC1CCN(C(=O)Cc2cccs2)CC1. The Morgan fingerprint density at radius 2 is 2.00 bits per heavy atom. The van der Waals surface area contributed by atoms with Crippen molar-refractivity contribution in [3.8, 4) is 0 Å². The number of hydrogen-bond donors (Lipinski definition) is 1. The molecule has 0 bridgehead atoms. The average molecular weight is 323 g/mol. The molecule has 1 N–H and O–H groups in total. The molecule has 22 heavy (non-hydrogen) atoms. The first-order valence-corrected chi connectivity index (χ1v) is 8.87. The highest BCUT2D eigenvalue weighted by atomic mass is 32.1. The first kappa shape index (κ1) is 16.8. The maximum atomic E-state index is 12.2. The molecule has 0 aliphatic carbocycles. The van der Waals surface area contributed by atoms with Crippen molar-refractivity contribution in [3.63, 3.8) is 0 Å². The van der Waals surface area contributed by atoms with Crippen molar-refractivity contribution in [2.24, 2.45) is 0 Å². The number of carbonyl (C=O) groups excluding carboxylic acids is 2. The van der Waals surface area contributed by atoms with Crippen LogP contribution < -0.4 is 5.32 Å². The van der Waals surface area contributed by atoms with Crippen molar-refractivity contribution < 1.29 is 9.59 Å². The van der Waals surface area contributed by atoms with Crippen molar-refractivity contribution >= 4 is 23.3 Å². The molecular weight excluding hydrogens is 298 g/mol. The van der Waals surface area contributed by atoms with Crippen LogP contribution in [0, 0.1) is 0 Å². The summed E-state index contributed by atoms with van der Waals surface area (Å²) in [6, 6.07) is 4.16. The average Bonchev–Trinajstić information content (AvgIpc) is 3.02. The number of amides is 3. The Bertz CT molecular complexity index is 478. The van der Waals surface area contributed by atoms with Gasteiger partial charge in [-0.25, -0.2) is 4.79 Å². The normalized spacial score (nSPS) is 15.6. The molecule has 0 saturated carbocycles. The van der Waals surface area contributed by atoms with Crippen LogP contribution in [0.25, 0.3) is 0 Å². The van der Waals surface area contributed by atoms with Crippen LogP contribution in [0.5, 0.6) is 0 Å². The van der Waals surface area contributed by atoms with E-state index in [9.17, 15) is 9.59 Å². The summed E-state index contributed by atoms with van der Waals surface area (Å²) in [5, 5.41) is 5.07. The predicted molar refractivity (Wildman–Crippen MR) is 89.1 cm³/mol. The lowest BCUT2D eigenvalue weighted by Gasteiger charge is -2.33. The van der Waals surface area contributed by atoms with Gasteiger partial charge in [0.2, 0.25) is 5.91 Å². The Labute approximate surface area is 136 Å². The van der Waals surface area contributed by atoms with Crippen LogP contribution in [0.4, 0.5) is 4.79 Å². The molecule has 0 radical (unpaired) electrons. The zero-order valence-electron chi connectivity index (χ0n) is 13.4. The summed E-state index contributed by atoms with van der Waals surface area (Å²) in [5.41, 5.74) is 0. The second kappa shape index (κ2) is 8.17. The molecule has 0 spiro atoms. The van der Waals surface area contributed by atoms with Gasteiger partial charge in [-0.1, -0.05) is 6.07 Å². The Balaban J connectivity index is 1.75. The van der Waals surface area contributed by atoms with E-state index in [0.717, 1.165) is 43.9 Å². The monoisotopic (exact) mass is 323 g/mol. The number of urea groups is 1. The van der Waals surface area contributed by atoms with Crippen molar-refractivity contribution in [2.75, 3.05) is 26.2 Å². The molecule has 1 aromatic rings.